The van der Waals surface area contributed by atoms with E-state index in [0.717, 1.165) is 4.90 Å². The molecule has 0 N–H and O–H groups in total. The van der Waals surface area contributed by atoms with E-state index in [4.69, 9.17) is 4.74 Å². The molecule has 1 amide bonds. The molecule has 2 rings (SSSR count). The third-order valence-corrected chi connectivity index (χ3v) is 3.74. The fraction of sp³-hybridized carbons (Fsp3) is 0.286. The molecular formula is C21H20F3NO4. The molecule has 5 nitrogen and oxygen atoms in total. The monoisotopic (exact) mass is 407 g/mol. The van der Waals surface area contributed by atoms with E-state index in [0.29, 0.717) is 12.1 Å². The average molecular weight is 407 g/mol. The van der Waals surface area contributed by atoms with Crippen molar-refractivity contribution in [3.8, 4) is 0 Å². The zero-order valence-corrected chi connectivity index (χ0v) is 16.4. The number of ketones is 1. The van der Waals surface area contributed by atoms with Crippen molar-refractivity contribution >= 4 is 23.3 Å². The van der Waals surface area contributed by atoms with Crippen LogP contribution in [-0.4, -0.2) is 29.8 Å². The number of carbonyl (C=O) groups excluding carboxylic acids is 3. The number of Topliss-reactive ketones (excluding diaryl/α,β-unsaturated/α-hetero) is 1. The molecule has 0 bridgehead atoms. The van der Waals surface area contributed by atoms with Crippen LogP contribution >= 0.6 is 0 Å². The second-order valence-electron chi connectivity index (χ2n) is 7.33. The Morgan fingerprint density at radius 3 is 2.10 bits per heavy atom. The standard InChI is InChI=1S/C21H20F3NO4/c1-12(26)13-6-5-7-15(8-13)25(11-18(27)29-21(2,3)4)20(28)19-16(23)9-14(22)10-17(19)24/h5-10H,11H2,1-4H3. The van der Waals surface area contributed by atoms with Crippen molar-refractivity contribution in [2.75, 3.05) is 11.4 Å². The Balaban J connectivity index is 2.52. The van der Waals surface area contributed by atoms with Gasteiger partial charge >= 0.3 is 5.97 Å². The first-order chi connectivity index (χ1) is 13.4. The maximum atomic E-state index is 14.2. The number of carbonyl (C=O) groups is 3. The van der Waals surface area contributed by atoms with E-state index in [2.05, 4.69) is 0 Å². The van der Waals surface area contributed by atoms with Crippen molar-refractivity contribution in [2.45, 2.75) is 33.3 Å². The molecule has 0 saturated heterocycles. The number of halogens is 3. The van der Waals surface area contributed by atoms with Gasteiger partial charge in [0.25, 0.3) is 5.91 Å². The summed E-state index contributed by atoms with van der Waals surface area (Å²) in [5, 5.41) is 0. The molecular weight excluding hydrogens is 387 g/mol. The summed E-state index contributed by atoms with van der Waals surface area (Å²) in [6.45, 7) is 5.48. The summed E-state index contributed by atoms with van der Waals surface area (Å²) in [7, 11) is 0. The van der Waals surface area contributed by atoms with Crippen LogP contribution in [0.25, 0.3) is 0 Å². The molecule has 0 fully saturated rings. The van der Waals surface area contributed by atoms with Gasteiger partial charge in [0.15, 0.2) is 5.78 Å². The molecule has 0 heterocycles. The van der Waals surface area contributed by atoms with Gasteiger partial charge in [-0.1, -0.05) is 12.1 Å². The van der Waals surface area contributed by atoms with Crippen LogP contribution in [-0.2, 0) is 9.53 Å². The minimum Gasteiger partial charge on any atom is -0.459 e. The minimum absolute atomic E-state index is 0.0525. The van der Waals surface area contributed by atoms with E-state index < -0.39 is 47.0 Å². The van der Waals surface area contributed by atoms with E-state index >= 15 is 0 Å². The number of amides is 1. The predicted octanol–water partition coefficient (Wildman–Crippen LogP) is 4.30. The van der Waals surface area contributed by atoms with Gasteiger partial charge in [0.2, 0.25) is 0 Å². The normalized spacial score (nSPS) is 11.1. The zero-order chi connectivity index (χ0) is 21.9. The second-order valence-corrected chi connectivity index (χ2v) is 7.33. The fourth-order valence-electron chi connectivity index (χ4n) is 2.56. The van der Waals surface area contributed by atoms with Crippen molar-refractivity contribution in [1.29, 1.82) is 0 Å². The number of benzene rings is 2. The topological polar surface area (TPSA) is 63.7 Å². The van der Waals surface area contributed by atoms with Crippen LogP contribution < -0.4 is 4.90 Å². The molecule has 0 saturated carbocycles. The number of hydrogen-bond acceptors (Lipinski definition) is 4. The molecule has 154 valence electrons. The largest absolute Gasteiger partial charge is 0.459 e. The Labute approximate surface area is 166 Å². The van der Waals surface area contributed by atoms with Crippen molar-refractivity contribution in [3.05, 3.63) is 65.0 Å². The molecule has 0 atom stereocenters. The van der Waals surface area contributed by atoms with Gasteiger partial charge in [-0.3, -0.25) is 19.3 Å². The third kappa shape index (κ3) is 5.66. The number of esters is 1. The van der Waals surface area contributed by atoms with E-state index in [1.54, 1.807) is 20.8 Å². The SMILES string of the molecule is CC(=O)c1cccc(N(CC(=O)OC(C)(C)C)C(=O)c2c(F)cc(F)cc2F)c1. The molecule has 0 aliphatic heterocycles. The van der Waals surface area contributed by atoms with Crippen LogP contribution in [0.4, 0.5) is 18.9 Å². The van der Waals surface area contributed by atoms with Crippen LogP contribution in [0.2, 0.25) is 0 Å². The summed E-state index contributed by atoms with van der Waals surface area (Å²) < 4.78 is 46.7. The lowest BCUT2D eigenvalue weighted by Crippen LogP contribution is -2.39. The number of rotatable bonds is 5. The molecule has 0 radical (unpaired) electrons. The van der Waals surface area contributed by atoms with Crippen molar-refractivity contribution in [3.63, 3.8) is 0 Å². The van der Waals surface area contributed by atoms with Gasteiger partial charge in [-0.05, 0) is 39.8 Å². The molecule has 29 heavy (non-hydrogen) atoms. The summed E-state index contributed by atoms with van der Waals surface area (Å²) in [5.41, 5.74) is -1.61. The van der Waals surface area contributed by atoms with Gasteiger partial charge in [0.05, 0.1) is 0 Å². The van der Waals surface area contributed by atoms with Gasteiger partial charge in [-0.15, -0.1) is 0 Å². The second kappa shape index (κ2) is 8.46. The summed E-state index contributed by atoms with van der Waals surface area (Å²) in [6, 6.07) is 6.39. The highest BCUT2D eigenvalue weighted by atomic mass is 19.1. The lowest BCUT2D eigenvalue weighted by atomic mass is 10.1. The Kier molecular flexibility index (Phi) is 6.46. The Morgan fingerprint density at radius 2 is 1.59 bits per heavy atom. The number of nitrogens with zero attached hydrogens (tertiary/aromatic N) is 1. The van der Waals surface area contributed by atoms with E-state index in [9.17, 15) is 27.6 Å². The van der Waals surface area contributed by atoms with Crippen molar-refractivity contribution < 1.29 is 32.3 Å². The minimum atomic E-state index is -1.41. The highest BCUT2D eigenvalue weighted by molar-refractivity contribution is 6.09. The summed E-state index contributed by atoms with van der Waals surface area (Å²) in [6.07, 6.45) is 0. The van der Waals surface area contributed by atoms with Gasteiger partial charge < -0.3 is 4.74 Å². The zero-order valence-electron chi connectivity index (χ0n) is 16.4. The van der Waals surface area contributed by atoms with Gasteiger partial charge in [-0.2, -0.15) is 0 Å². The van der Waals surface area contributed by atoms with Crippen LogP contribution in [0, 0.1) is 17.5 Å². The maximum absolute atomic E-state index is 14.2. The number of ether oxygens (including phenoxy) is 1. The Bertz CT molecular complexity index is 944. The van der Waals surface area contributed by atoms with E-state index in [1.807, 2.05) is 0 Å². The molecule has 8 heteroatoms. The summed E-state index contributed by atoms with van der Waals surface area (Å²) >= 11 is 0. The summed E-state index contributed by atoms with van der Waals surface area (Å²) in [5.74, 6) is -6.37. The van der Waals surface area contributed by atoms with Crippen molar-refractivity contribution in [2.24, 2.45) is 0 Å². The maximum Gasteiger partial charge on any atom is 0.326 e. The third-order valence-electron chi connectivity index (χ3n) is 3.74. The fourth-order valence-corrected chi connectivity index (χ4v) is 2.56. The first-order valence-electron chi connectivity index (χ1n) is 8.68. The summed E-state index contributed by atoms with van der Waals surface area (Å²) in [4.78, 5) is 37.6. The Hall–Kier alpha value is -3.16. The first kappa shape index (κ1) is 22.1. The highest BCUT2D eigenvalue weighted by Gasteiger charge is 2.29. The molecule has 0 spiro atoms. The number of anilines is 1. The quantitative estimate of drug-likeness (QED) is 0.548. The Morgan fingerprint density at radius 1 is 1.00 bits per heavy atom. The van der Waals surface area contributed by atoms with Crippen LogP contribution in [0.3, 0.4) is 0 Å². The average Bonchev–Trinajstić information content (AvgIpc) is 2.57. The van der Waals surface area contributed by atoms with E-state index in [1.165, 1.54) is 31.2 Å². The van der Waals surface area contributed by atoms with E-state index in [-0.39, 0.29) is 17.0 Å². The molecule has 0 aromatic heterocycles. The molecule has 0 unspecified atom stereocenters. The van der Waals surface area contributed by atoms with Crippen LogP contribution in [0.5, 0.6) is 0 Å². The molecule has 0 aliphatic rings. The molecule has 0 aliphatic carbocycles. The molecule has 2 aromatic carbocycles. The van der Waals surface area contributed by atoms with Gasteiger partial charge in [-0.25, -0.2) is 13.2 Å². The lowest BCUT2D eigenvalue weighted by molar-refractivity contribution is -0.152. The first-order valence-corrected chi connectivity index (χ1v) is 8.68. The molecule has 2 aromatic rings. The number of hydrogen-bond donors (Lipinski definition) is 0. The predicted molar refractivity (Wildman–Crippen MR) is 100 cm³/mol. The lowest BCUT2D eigenvalue weighted by Gasteiger charge is -2.26. The van der Waals surface area contributed by atoms with Gasteiger partial charge in [0.1, 0.15) is 35.2 Å². The smallest absolute Gasteiger partial charge is 0.326 e. The van der Waals surface area contributed by atoms with Gasteiger partial charge in [0, 0.05) is 23.4 Å². The van der Waals surface area contributed by atoms with Crippen LogP contribution in [0.1, 0.15) is 48.4 Å². The van der Waals surface area contributed by atoms with Crippen molar-refractivity contribution in [1.82, 2.24) is 0 Å². The highest BCUT2D eigenvalue weighted by Crippen LogP contribution is 2.23. The van der Waals surface area contributed by atoms with Crippen LogP contribution in [0.15, 0.2) is 36.4 Å².